The highest BCUT2D eigenvalue weighted by atomic mass is 35.5. The van der Waals surface area contributed by atoms with Crippen molar-refractivity contribution in [2.75, 3.05) is 13.2 Å². The topological polar surface area (TPSA) is 110 Å². The summed E-state index contributed by atoms with van der Waals surface area (Å²) in [5, 5.41) is 17.2. The number of halogens is 2. The maximum absolute atomic E-state index is 13.5. The number of carbonyl (C=O) groups is 2. The molecule has 1 aromatic carbocycles. The van der Waals surface area contributed by atoms with Gasteiger partial charge in [-0.05, 0) is 51.2 Å². The molecule has 178 valence electrons. The SMILES string of the molecule is Cc1cnc(OCC(=O)NC23CCC(NC(=O)COc4ccc(Cl)c(F)c4)(CC2)[C@@H](O)C3)s1. The molecule has 0 radical (unpaired) electrons. The molecule has 3 aliphatic rings. The predicted molar refractivity (Wildman–Crippen MR) is 120 cm³/mol. The molecule has 8 nitrogen and oxygen atoms in total. The van der Waals surface area contributed by atoms with Gasteiger partial charge in [0, 0.05) is 22.7 Å². The lowest BCUT2D eigenvalue weighted by Gasteiger charge is -2.56. The molecular weight excluding hydrogens is 473 g/mol. The Balaban J connectivity index is 1.28. The molecule has 0 saturated heterocycles. The minimum Gasteiger partial charge on any atom is -0.484 e. The number of carbonyl (C=O) groups excluding carboxylic acids is 2. The van der Waals surface area contributed by atoms with E-state index in [4.69, 9.17) is 21.1 Å². The molecule has 3 saturated carbocycles. The number of hydrogen-bond donors (Lipinski definition) is 3. The van der Waals surface area contributed by atoms with Crippen LogP contribution in [0.4, 0.5) is 4.39 Å². The molecule has 1 aromatic heterocycles. The molecule has 5 rings (SSSR count). The Kier molecular flexibility index (Phi) is 6.78. The molecule has 33 heavy (non-hydrogen) atoms. The summed E-state index contributed by atoms with van der Waals surface area (Å²) in [6.07, 6.45) is 3.47. The van der Waals surface area contributed by atoms with E-state index in [1.54, 1.807) is 6.20 Å². The maximum atomic E-state index is 13.5. The molecule has 2 bridgehead atoms. The van der Waals surface area contributed by atoms with E-state index in [0.29, 0.717) is 37.3 Å². The van der Waals surface area contributed by atoms with E-state index in [0.717, 1.165) is 10.9 Å². The van der Waals surface area contributed by atoms with Gasteiger partial charge in [-0.3, -0.25) is 9.59 Å². The number of fused-ring (bicyclic) bond motifs is 3. The number of thiazole rings is 1. The molecule has 0 aliphatic heterocycles. The highest BCUT2D eigenvalue weighted by Crippen LogP contribution is 2.47. The first kappa shape index (κ1) is 23.7. The van der Waals surface area contributed by atoms with Crippen molar-refractivity contribution in [1.82, 2.24) is 15.6 Å². The number of rotatable bonds is 8. The molecule has 11 heteroatoms. The molecule has 0 spiro atoms. The van der Waals surface area contributed by atoms with Crippen LogP contribution in [-0.2, 0) is 9.59 Å². The summed E-state index contributed by atoms with van der Waals surface area (Å²) in [5.74, 6) is -1.12. The Morgan fingerprint density at radius 3 is 2.55 bits per heavy atom. The number of ether oxygens (including phenoxy) is 2. The van der Waals surface area contributed by atoms with Crippen molar-refractivity contribution in [2.45, 2.75) is 56.2 Å². The standard InChI is InChI=1S/C22H25ClFN3O5S/c1-13-10-25-20(33-13)32-12-18(29)26-21-4-6-22(7-5-21,17(28)9-21)27-19(30)11-31-14-2-3-15(23)16(24)8-14/h2-3,8,10,17,28H,4-7,9,11-12H2,1H3,(H,26,29)(H,27,30)/t17-,21?,22?/m0/s1. The van der Waals surface area contributed by atoms with Gasteiger partial charge >= 0.3 is 0 Å². The van der Waals surface area contributed by atoms with Crippen LogP contribution >= 0.6 is 22.9 Å². The molecule has 3 fully saturated rings. The van der Waals surface area contributed by atoms with Gasteiger partial charge in [0.2, 0.25) is 0 Å². The zero-order chi connectivity index (χ0) is 23.6. The summed E-state index contributed by atoms with van der Waals surface area (Å²) in [7, 11) is 0. The van der Waals surface area contributed by atoms with Crippen molar-refractivity contribution in [2.24, 2.45) is 0 Å². The van der Waals surface area contributed by atoms with E-state index in [9.17, 15) is 19.1 Å². The van der Waals surface area contributed by atoms with Crippen LogP contribution in [0.3, 0.4) is 0 Å². The summed E-state index contributed by atoms with van der Waals surface area (Å²) in [4.78, 5) is 30.0. The summed E-state index contributed by atoms with van der Waals surface area (Å²) in [5.41, 5.74) is -1.30. The molecule has 1 heterocycles. The number of aliphatic hydroxyl groups is 1. The fraction of sp³-hybridized carbons (Fsp3) is 0.500. The molecule has 1 atom stereocenters. The average molecular weight is 498 g/mol. The van der Waals surface area contributed by atoms with E-state index < -0.39 is 28.9 Å². The molecule has 2 aromatic rings. The Bertz CT molecular complexity index is 1040. The number of nitrogens with one attached hydrogen (secondary N) is 2. The molecule has 2 amide bonds. The van der Waals surface area contributed by atoms with Gasteiger partial charge in [-0.1, -0.05) is 22.9 Å². The Hall–Kier alpha value is -2.43. The minimum absolute atomic E-state index is 0.0290. The van der Waals surface area contributed by atoms with Gasteiger partial charge < -0.3 is 25.2 Å². The van der Waals surface area contributed by atoms with Gasteiger partial charge in [0.05, 0.1) is 16.7 Å². The molecule has 3 N–H and O–H groups in total. The fourth-order valence-electron chi connectivity index (χ4n) is 4.55. The van der Waals surface area contributed by atoms with E-state index >= 15 is 0 Å². The second-order valence-corrected chi connectivity index (χ2v) is 10.2. The Labute approximate surface area is 199 Å². The van der Waals surface area contributed by atoms with Crippen LogP contribution in [0, 0.1) is 12.7 Å². The lowest BCUT2D eigenvalue weighted by molar-refractivity contribution is -0.137. The number of amides is 2. The zero-order valence-corrected chi connectivity index (χ0v) is 19.6. The normalized spacial score (nSPS) is 26.0. The van der Waals surface area contributed by atoms with Gasteiger partial charge in [-0.25, -0.2) is 9.37 Å². The third kappa shape index (κ3) is 5.39. The van der Waals surface area contributed by atoms with Crippen molar-refractivity contribution in [3.05, 3.63) is 40.1 Å². The smallest absolute Gasteiger partial charge is 0.273 e. The zero-order valence-electron chi connectivity index (χ0n) is 18.0. The molecule has 0 unspecified atom stereocenters. The monoisotopic (exact) mass is 497 g/mol. The number of aryl methyl sites for hydroxylation is 1. The highest BCUT2D eigenvalue weighted by molar-refractivity contribution is 7.13. The maximum Gasteiger partial charge on any atom is 0.273 e. The van der Waals surface area contributed by atoms with Crippen molar-refractivity contribution >= 4 is 34.8 Å². The van der Waals surface area contributed by atoms with Crippen LogP contribution in [0.5, 0.6) is 10.9 Å². The van der Waals surface area contributed by atoms with E-state index in [1.807, 2.05) is 6.92 Å². The predicted octanol–water partition coefficient (Wildman–Crippen LogP) is 2.75. The lowest BCUT2D eigenvalue weighted by Crippen LogP contribution is -2.70. The number of aliphatic hydroxyl groups excluding tert-OH is 1. The van der Waals surface area contributed by atoms with Gasteiger partial charge in [0.1, 0.15) is 11.6 Å². The van der Waals surface area contributed by atoms with Gasteiger partial charge in [0.25, 0.3) is 17.0 Å². The first-order valence-electron chi connectivity index (χ1n) is 10.6. The van der Waals surface area contributed by atoms with Gasteiger partial charge in [0.15, 0.2) is 13.2 Å². The van der Waals surface area contributed by atoms with Crippen molar-refractivity contribution in [3.63, 3.8) is 0 Å². The first-order chi connectivity index (χ1) is 15.7. The van der Waals surface area contributed by atoms with E-state index in [2.05, 4.69) is 15.6 Å². The third-order valence-electron chi connectivity index (χ3n) is 6.30. The van der Waals surface area contributed by atoms with Crippen molar-refractivity contribution in [1.29, 1.82) is 0 Å². The van der Waals surface area contributed by atoms with Crippen molar-refractivity contribution < 1.29 is 28.6 Å². The summed E-state index contributed by atoms with van der Waals surface area (Å²) in [6.45, 7) is 1.45. The molecular formula is C22H25ClFN3O5S. The van der Waals surface area contributed by atoms with Gasteiger partial charge in [-0.15, -0.1) is 0 Å². The molecule has 3 aliphatic carbocycles. The van der Waals surface area contributed by atoms with Crippen LogP contribution in [0.2, 0.25) is 5.02 Å². The minimum atomic E-state index is -0.820. The second kappa shape index (κ2) is 9.44. The number of benzene rings is 1. The van der Waals surface area contributed by atoms with Crippen LogP contribution in [0.15, 0.2) is 24.4 Å². The fourth-order valence-corrected chi connectivity index (χ4v) is 5.27. The summed E-state index contributed by atoms with van der Waals surface area (Å²) in [6, 6.07) is 3.94. The van der Waals surface area contributed by atoms with E-state index in [-0.39, 0.29) is 29.9 Å². The average Bonchev–Trinajstić information content (AvgIpc) is 3.19. The van der Waals surface area contributed by atoms with Crippen LogP contribution < -0.4 is 20.1 Å². The summed E-state index contributed by atoms with van der Waals surface area (Å²) >= 11 is 7.02. The second-order valence-electron chi connectivity index (χ2n) is 8.64. The largest absolute Gasteiger partial charge is 0.484 e. The summed E-state index contributed by atoms with van der Waals surface area (Å²) < 4.78 is 24.3. The van der Waals surface area contributed by atoms with E-state index in [1.165, 1.54) is 23.5 Å². The first-order valence-corrected chi connectivity index (χ1v) is 11.8. The van der Waals surface area contributed by atoms with Crippen LogP contribution in [-0.4, -0.2) is 52.3 Å². The number of aromatic nitrogens is 1. The Morgan fingerprint density at radius 2 is 1.91 bits per heavy atom. The van der Waals surface area contributed by atoms with Crippen LogP contribution in [0.25, 0.3) is 0 Å². The Morgan fingerprint density at radius 1 is 1.21 bits per heavy atom. The van der Waals surface area contributed by atoms with Crippen LogP contribution in [0.1, 0.15) is 37.0 Å². The lowest BCUT2D eigenvalue weighted by atomic mass is 9.60. The van der Waals surface area contributed by atoms with Crippen molar-refractivity contribution in [3.8, 4) is 10.9 Å². The third-order valence-corrected chi connectivity index (χ3v) is 7.43. The number of hydrogen-bond acceptors (Lipinski definition) is 7. The number of nitrogens with zero attached hydrogens (tertiary/aromatic N) is 1. The quantitative estimate of drug-likeness (QED) is 0.517. The highest BCUT2D eigenvalue weighted by Gasteiger charge is 2.55. The van der Waals surface area contributed by atoms with Gasteiger partial charge in [-0.2, -0.15) is 0 Å².